The van der Waals surface area contributed by atoms with Crippen LogP contribution in [0.2, 0.25) is 0 Å². The molecule has 0 saturated heterocycles. The highest BCUT2D eigenvalue weighted by molar-refractivity contribution is 5.55. The fourth-order valence-corrected chi connectivity index (χ4v) is 1.21. The van der Waals surface area contributed by atoms with E-state index in [1.165, 1.54) is 0 Å². The molecule has 0 aromatic heterocycles. The van der Waals surface area contributed by atoms with Crippen LogP contribution in [0, 0.1) is 5.39 Å². The largest absolute Gasteiger partial charge is 0.490 e. The minimum absolute atomic E-state index is 0.476. The van der Waals surface area contributed by atoms with E-state index in [1.807, 2.05) is 0 Å². The predicted molar refractivity (Wildman–Crippen MR) is 46.8 cm³/mol. The summed E-state index contributed by atoms with van der Waals surface area (Å²) in [6, 6.07) is 5.07. The zero-order chi connectivity index (χ0) is 9.10. The molecule has 1 heterocycles. The van der Waals surface area contributed by atoms with Gasteiger partial charge in [0.2, 0.25) is 5.39 Å². The average Bonchev–Trinajstić information content (AvgIpc) is 2.41. The lowest BCUT2D eigenvalue weighted by molar-refractivity contribution is 0.297. The lowest BCUT2D eigenvalue weighted by Crippen LogP contribution is -1.97. The first kappa shape index (κ1) is 7.87. The van der Waals surface area contributed by atoms with E-state index in [9.17, 15) is 0 Å². The maximum absolute atomic E-state index is 8.54. The highest BCUT2D eigenvalue weighted by Gasteiger charge is 2.14. The van der Waals surface area contributed by atoms with Crippen LogP contribution in [-0.2, 0) is 0 Å². The van der Waals surface area contributed by atoms with E-state index in [0.29, 0.717) is 30.4 Å². The van der Waals surface area contributed by atoms with Crippen molar-refractivity contribution < 1.29 is 9.47 Å². The molecular weight excluding hydrogens is 168 g/mol. The third-order valence-electron chi connectivity index (χ3n) is 1.85. The molecule has 0 aliphatic carbocycles. The number of hydrogen-bond donors (Lipinski definition) is 0. The maximum atomic E-state index is 8.54. The molecule has 1 aliphatic heterocycles. The molecule has 0 amide bonds. The van der Waals surface area contributed by atoms with E-state index in [2.05, 4.69) is 4.98 Å². The fourth-order valence-electron chi connectivity index (χ4n) is 1.21. The van der Waals surface area contributed by atoms with E-state index in [0.717, 1.165) is 6.42 Å². The van der Waals surface area contributed by atoms with E-state index in [-0.39, 0.29) is 0 Å². The first-order valence-electron chi connectivity index (χ1n) is 4.15. The van der Waals surface area contributed by atoms with Crippen molar-refractivity contribution in [3.8, 4) is 11.5 Å². The third kappa shape index (κ3) is 1.54. The topological polar surface area (TPSA) is 46.6 Å². The fraction of sp³-hybridized carbons (Fsp3) is 0.333. The van der Waals surface area contributed by atoms with Crippen molar-refractivity contribution in [2.24, 2.45) is 0 Å². The molecule has 2 rings (SSSR count). The van der Waals surface area contributed by atoms with Gasteiger partial charge in [0.25, 0.3) is 0 Å². The summed E-state index contributed by atoms with van der Waals surface area (Å²) in [5.41, 5.74) is 0.476. The Labute approximate surface area is 75.7 Å². The van der Waals surface area contributed by atoms with Crippen LogP contribution in [0.15, 0.2) is 18.2 Å². The molecule has 4 nitrogen and oxygen atoms in total. The van der Waals surface area contributed by atoms with Crippen molar-refractivity contribution in [3.63, 3.8) is 0 Å². The van der Waals surface area contributed by atoms with E-state index >= 15 is 0 Å². The Morgan fingerprint density at radius 2 is 1.92 bits per heavy atom. The second kappa shape index (κ2) is 3.31. The van der Waals surface area contributed by atoms with Crippen molar-refractivity contribution in [1.82, 2.24) is 0 Å². The van der Waals surface area contributed by atoms with Gasteiger partial charge in [0, 0.05) is 12.5 Å². The second-order valence-corrected chi connectivity index (χ2v) is 2.78. The molecule has 0 saturated carbocycles. The van der Waals surface area contributed by atoms with Gasteiger partial charge in [0.05, 0.1) is 19.3 Å². The summed E-state index contributed by atoms with van der Waals surface area (Å²) in [5, 5.41) is 8.54. The van der Waals surface area contributed by atoms with Crippen LogP contribution in [0.25, 0.3) is 4.98 Å². The summed E-state index contributed by atoms with van der Waals surface area (Å²) in [5.74, 6) is 1.36. The Bertz CT molecular complexity index is 357. The summed E-state index contributed by atoms with van der Waals surface area (Å²) in [6.45, 7) is 1.31. The highest BCUT2D eigenvalue weighted by atomic mass is 16.5. The van der Waals surface area contributed by atoms with Crippen LogP contribution < -0.4 is 9.47 Å². The van der Waals surface area contributed by atoms with Gasteiger partial charge in [-0.05, 0) is 6.07 Å². The molecule has 0 atom stereocenters. The smallest absolute Gasteiger partial charge is 0.389 e. The summed E-state index contributed by atoms with van der Waals surface area (Å²) >= 11 is 0. The first-order chi connectivity index (χ1) is 6.40. The van der Waals surface area contributed by atoms with Gasteiger partial charge in [0.15, 0.2) is 16.5 Å². The summed E-state index contributed by atoms with van der Waals surface area (Å²) in [6.07, 6.45) is 0.875. The third-order valence-corrected chi connectivity index (χ3v) is 1.85. The molecule has 0 N–H and O–H groups in total. The average molecular weight is 177 g/mol. The van der Waals surface area contributed by atoms with Crippen molar-refractivity contribution >= 4 is 5.69 Å². The summed E-state index contributed by atoms with van der Waals surface area (Å²) in [4.78, 5) is 3.07. The van der Waals surface area contributed by atoms with Gasteiger partial charge in [-0.15, -0.1) is 0 Å². The number of diazo groups is 1. The molecule has 0 bridgehead atoms. The molecule has 0 radical (unpaired) electrons. The van der Waals surface area contributed by atoms with Crippen molar-refractivity contribution in [2.75, 3.05) is 13.2 Å². The number of benzene rings is 1. The van der Waals surface area contributed by atoms with Gasteiger partial charge in [-0.1, -0.05) is 0 Å². The van der Waals surface area contributed by atoms with Crippen LogP contribution in [-0.4, -0.2) is 13.2 Å². The number of nitrogens with zero attached hydrogens (tertiary/aromatic N) is 2. The Kier molecular flexibility index (Phi) is 2.01. The van der Waals surface area contributed by atoms with E-state index < -0.39 is 0 Å². The molecule has 1 aromatic rings. The molecule has 4 heteroatoms. The Morgan fingerprint density at radius 3 is 2.69 bits per heavy atom. The normalized spacial score (nSPS) is 14.4. The van der Waals surface area contributed by atoms with Crippen molar-refractivity contribution in [3.05, 3.63) is 23.2 Å². The van der Waals surface area contributed by atoms with Gasteiger partial charge in [-0.2, -0.15) is 0 Å². The lowest BCUT2D eigenvalue weighted by Gasteiger charge is -2.03. The van der Waals surface area contributed by atoms with Gasteiger partial charge in [-0.3, -0.25) is 0 Å². The number of rotatable bonds is 0. The van der Waals surface area contributed by atoms with E-state index in [1.54, 1.807) is 18.2 Å². The van der Waals surface area contributed by atoms with Gasteiger partial charge < -0.3 is 9.47 Å². The molecular formula is C9H9N2O2+. The number of fused-ring (bicyclic) bond motifs is 1. The van der Waals surface area contributed by atoms with Crippen LogP contribution in [0.3, 0.4) is 0 Å². The van der Waals surface area contributed by atoms with Crippen LogP contribution in [0.1, 0.15) is 6.42 Å². The molecule has 0 fully saturated rings. The maximum Gasteiger partial charge on any atom is 0.389 e. The monoisotopic (exact) mass is 177 g/mol. The van der Waals surface area contributed by atoms with Gasteiger partial charge in [-0.25, -0.2) is 0 Å². The predicted octanol–water partition coefficient (Wildman–Crippen LogP) is 2.33. The Morgan fingerprint density at radius 1 is 1.15 bits per heavy atom. The van der Waals surface area contributed by atoms with Crippen LogP contribution in [0.5, 0.6) is 11.5 Å². The molecule has 1 aromatic carbocycles. The summed E-state index contributed by atoms with van der Waals surface area (Å²) in [7, 11) is 0. The van der Waals surface area contributed by atoms with Crippen molar-refractivity contribution in [1.29, 1.82) is 5.39 Å². The van der Waals surface area contributed by atoms with Crippen LogP contribution in [0.4, 0.5) is 5.69 Å². The Hall–Kier alpha value is -1.76. The van der Waals surface area contributed by atoms with Gasteiger partial charge >= 0.3 is 5.69 Å². The minimum atomic E-state index is 0.476. The summed E-state index contributed by atoms with van der Waals surface area (Å²) < 4.78 is 10.8. The Balaban J connectivity index is 2.39. The number of ether oxygens (including phenoxy) is 2. The van der Waals surface area contributed by atoms with E-state index in [4.69, 9.17) is 14.9 Å². The zero-order valence-electron chi connectivity index (χ0n) is 7.06. The molecule has 0 unspecified atom stereocenters. The number of hydrogen-bond acceptors (Lipinski definition) is 3. The minimum Gasteiger partial charge on any atom is -0.490 e. The molecule has 0 spiro atoms. The zero-order valence-corrected chi connectivity index (χ0v) is 7.06. The first-order valence-corrected chi connectivity index (χ1v) is 4.15. The standard InChI is InChI=1S/C9H9N2O2/c10-11-7-2-3-8-9(6-7)13-5-1-4-12-8/h2-3,6H,1,4-5H2/q+1. The molecule has 1 aliphatic rings. The highest BCUT2D eigenvalue weighted by Crippen LogP contribution is 2.33. The van der Waals surface area contributed by atoms with Crippen LogP contribution >= 0.6 is 0 Å². The van der Waals surface area contributed by atoms with Gasteiger partial charge in [0.1, 0.15) is 0 Å². The molecule has 13 heavy (non-hydrogen) atoms. The SMILES string of the molecule is N#[N+]c1ccc2c(c1)OCCCO2. The van der Waals surface area contributed by atoms with Crippen molar-refractivity contribution in [2.45, 2.75) is 6.42 Å². The molecule has 66 valence electrons. The quantitative estimate of drug-likeness (QED) is 0.571. The second-order valence-electron chi connectivity index (χ2n) is 2.78. The lowest BCUT2D eigenvalue weighted by atomic mass is 10.3.